The lowest BCUT2D eigenvalue weighted by molar-refractivity contribution is -0.123. The molecule has 2 atom stereocenters. The van der Waals surface area contributed by atoms with Crippen LogP contribution in [-0.4, -0.2) is 41.9 Å². The normalized spacial score (nSPS) is 22.1. The Morgan fingerprint density at radius 3 is 2.59 bits per heavy atom. The van der Waals surface area contributed by atoms with Gasteiger partial charge in [-0.3, -0.25) is 14.5 Å². The number of amides is 2. The van der Waals surface area contributed by atoms with Crippen molar-refractivity contribution in [1.82, 2.24) is 15.5 Å². The molecule has 0 radical (unpaired) electrons. The van der Waals surface area contributed by atoms with Gasteiger partial charge in [-0.1, -0.05) is 18.2 Å². The van der Waals surface area contributed by atoms with Crippen molar-refractivity contribution in [1.29, 1.82) is 0 Å². The first-order valence-electron chi connectivity index (χ1n) is 10.7. The highest BCUT2D eigenvalue weighted by Crippen LogP contribution is 2.35. The maximum absolute atomic E-state index is 12.7. The zero-order valence-electron chi connectivity index (χ0n) is 17.4. The largest absolute Gasteiger partial charge is 0.459 e. The highest BCUT2D eigenvalue weighted by Gasteiger charge is 2.37. The summed E-state index contributed by atoms with van der Waals surface area (Å²) in [7, 11) is 0. The van der Waals surface area contributed by atoms with Gasteiger partial charge in [0.15, 0.2) is 0 Å². The van der Waals surface area contributed by atoms with E-state index >= 15 is 0 Å². The number of hydrogen-bond acceptors (Lipinski definition) is 4. The lowest BCUT2D eigenvalue weighted by Gasteiger charge is -2.30. The molecule has 1 saturated heterocycles. The predicted molar refractivity (Wildman–Crippen MR) is 112 cm³/mol. The second-order valence-corrected chi connectivity index (χ2v) is 8.59. The molecule has 1 aromatic heterocycles. The lowest BCUT2D eigenvalue weighted by Crippen LogP contribution is -2.45. The van der Waals surface area contributed by atoms with E-state index in [-0.39, 0.29) is 17.9 Å². The fraction of sp³-hybridized carbons (Fsp3) is 0.565. The molecule has 4 rings (SSSR count). The Balaban J connectivity index is 1.33. The highest BCUT2D eigenvalue weighted by atomic mass is 16.3. The Hall–Kier alpha value is -2.34. The molecule has 2 amide bonds. The Bertz CT molecular complexity index is 887. The predicted octanol–water partition coefficient (Wildman–Crippen LogP) is 3.13. The minimum Gasteiger partial charge on any atom is -0.459 e. The van der Waals surface area contributed by atoms with Crippen LogP contribution in [0.2, 0.25) is 0 Å². The summed E-state index contributed by atoms with van der Waals surface area (Å²) in [6, 6.07) is 8.56. The fourth-order valence-electron chi connectivity index (χ4n) is 4.47. The molecule has 1 saturated carbocycles. The van der Waals surface area contributed by atoms with Gasteiger partial charge in [-0.25, -0.2) is 0 Å². The molecule has 2 N–H and O–H groups in total. The van der Waals surface area contributed by atoms with E-state index in [9.17, 15) is 9.59 Å². The maximum Gasteiger partial charge on any atom is 0.221 e. The third-order valence-corrected chi connectivity index (χ3v) is 6.33. The first-order chi connectivity index (χ1) is 14.0. The van der Waals surface area contributed by atoms with Crippen molar-refractivity contribution in [2.24, 2.45) is 5.92 Å². The van der Waals surface area contributed by atoms with Crippen LogP contribution in [0.5, 0.6) is 0 Å². The van der Waals surface area contributed by atoms with E-state index in [1.54, 1.807) is 6.92 Å². The topological polar surface area (TPSA) is 74.6 Å². The smallest absolute Gasteiger partial charge is 0.221 e. The van der Waals surface area contributed by atoms with E-state index in [1.807, 2.05) is 31.2 Å². The summed E-state index contributed by atoms with van der Waals surface area (Å²) >= 11 is 0. The second-order valence-electron chi connectivity index (χ2n) is 8.59. The van der Waals surface area contributed by atoms with Crippen molar-refractivity contribution in [3.05, 3.63) is 35.6 Å². The monoisotopic (exact) mass is 397 g/mol. The molecule has 2 fully saturated rings. The molecule has 0 unspecified atom stereocenters. The van der Waals surface area contributed by atoms with E-state index in [0.29, 0.717) is 25.6 Å². The molecule has 1 aliphatic carbocycles. The van der Waals surface area contributed by atoms with Gasteiger partial charge in [0.25, 0.3) is 0 Å². The van der Waals surface area contributed by atoms with Gasteiger partial charge in [0.2, 0.25) is 11.8 Å². The molecule has 6 heteroatoms. The van der Waals surface area contributed by atoms with E-state index in [0.717, 1.165) is 47.6 Å². The molecule has 2 aliphatic rings. The molecule has 0 bridgehead atoms. The summed E-state index contributed by atoms with van der Waals surface area (Å²) in [4.78, 5) is 26.5. The van der Waals surface area contributed by atoms with Crippen LogP contribution in [-0.2, 0) is 16.1 Å². The standard InChI is InChI=1S/C23H31N3O3/c1-15-20-5-3-4-6-21(20)29-22(15)13-25-23(28)11-18-9-10-19(12-24-16(2)27)26(18)14-17-7-8-17/h3-6,17-19H,7-14H2,1-2H3,(H,24,27)(H,25,28)/t18-,19+/m0/s1. The van der Waals surface area contributed by atoms with E-state index < -0.39 is 0 Å². The SMILES string of the molecule is CC(=O)NC[C@H]1CC[C@@H](CC(=O)NCc2oc3ccccc3c2C)N1CC1CC1. The molecule has 2 aromatic rings. The second kappa shape index (κ2) is 8.57. The summed E-state index contributed by atoms with van der Waals surface area (Å²) < 4.78 is 5.91. The first-order valence-corrected chi connectivity index (χ1v) is 10.7. The van der Waals surface area contributed by atoms with Gasteiger partial charge in [-0.2, -0.15) is 0 Å². The van der Waals surface area contributed by atoms with Crippen molar-refractivity contribution in [2.45, 2.75) is 64.6 Å². The summed E-state index contributed by atoms with van der Waals surface area (Å²) in [5.74, 6) is 1.66. The molecule has 2 heterocycles. The summed E-state index contributed by atoms with van der Waals surface area (Å²) in [5.41, 5.74) is 1.95. The van der Waals surface area contributed by atoms with Gasteiger partial charge in [0.1, 0.15) is 11.3 Å². The first kappa shape index (κ1) is 20.0. The average Bonchev–Trinajstić information content (AvgIpc) is 3.37. The maximum atomic E-state index is 12.7. The average molecular weight is 398 g/mol. The summed E-state index contributed by atoms with van der Waals surface area (Å²) in [6.45, 7) is 5.74. The number of furan rings is 1. The number of carbonyl (C=O) groups is 2. The van der Waals surface area contributed by atoms with Crippen molar-refractivity contribution >= 4 is 22.8 Å². The third-order valence-electron chi connectivity index (χ3n) is 6.33. The molecule has 1 aromatic carbocycles. The number of aryl methyl sites for hydroxylation is 1. The Morgan fingerprint density at radius 2 is 1.86 bits per heavy atom. The Labute approximate surface area is 172 Å². The molecule has 0 spiro atoms. The number of rotatable bonds is 8. The van der Waals surface area contributed by atoms with Crippen molar-refractivity contribution in [2.75, 3.05) is 13.1 Å². The van der Waals surface area contributed by atoms with Crippen LogP contribution < -0.4 is 10.6 Å². The van der Waals surface area contributed by atoms with Crippen LogP contribution in [0, 0.1) is 12.8 Å². The van der Waals surface area contributed by atoms with Crippen molar-refractivity contribution < 1.29 is 14.0 Å². The number of para-hydroxylation sites is 1. The number of benzene rings is 1. The van der Waals surface area contributed by atoms with E-state index in [2.05, 4.69) is 15.5 Å². The summed E-state index contributed by atoms with van der Waals surface area (Å²) in [6.07, 6.45) is 5.12. The number of nitrogens with zero attached hydrogens (tertiary/aromatic N) is 1. The number of fused-ring (bicyclic) bond motifs is 1. The van der Waals surface area contributed by atoms with Gasteiger partial charge in [-0.15, -0.1) is 0 Å². The Kier molecular flexibility index (Phi) is 5.90. The van der Waals surface area contributed by atoms with Gasteiger partial charge in [-0.05, 0) is 44.6 Å². The van der Waals surface area contributed by atoms with Gasteiger partial charge in [0, 0.05) is 49.5 Å². The van der Waals surface area contributed by atoms with Crippen LogP contribution in [0.3, 0.4) is 0 Å². The third kappa shape index (κ3) is 4.81. The zero-order valence-corrected chi connectivity index (χ0v) is 17.4. The van der Waals surface area contributed by atoms with E-state index in [4.69, 9.17) is 4.42 Å². The fourth-order valence-corrected chi connectivity index (χ4v) is 4.47. The molecular weight excluding hydrogens is 366 g/mol. The van der Waals surface area contributed by atoms with Crippen LogP contribution in [0.4, 0.5) is 0 Å². The summed E-state index contributed by atoms with van der Waals surface area (Å²) in [5, 5.41) is 7.11. The lowest BCUT2D eigenvalue weighted by atomic mass is 10.1. The number of likely N-dealkylation sites (tertiary alicyclic amines) is 1. The van der Waals surface area contributed by atoms with Gasteiger partial charge >= 0.3 is 0 Å². The zero-order chi connectivity index (χ0) is 20.4. The van der Waals surface area contributed by atoms with Gasteiger partial charge < -0.3 is 15.1 Å². The van der Waals surface area contributed by atoms with Crippen LogP contribution in [0.25, 0.3) is 11.0 Å². The minimum atomic E-state index is 0.0127. The quantitative estimate of drug-likeness (QED) is 0.718. The van der Waals surface area contributed by atoms with Crippen molar-refractivity contribution in [3.8, 4) is 0 Å². The Morgan fingerprint density at radius 1 is 1.10 bits per heavy atom. The van der Waals surface area contributed by atoms with E-state index in [1.165, 1.54) is 12.8 Å². The highest BCUT2D eigenvalue weighted by molar-refractivity contribution is 5.82. The van der Waals surface area contributed by atoms with Crippen LogP contribution in [0.15, 0.2) is 28.7 Å². The van der Waals surface area contributed by atoms with Crippen LogP contribution in [0.1, 0.15) is 50.4 Å². The molecule has 29 heavy (non-hydrogen) atoms. The number of nitrogens with one attached hydrogen (secondary N) is 2. The minimum absolute atomic E-state index is 0.0127. The van der Waals surface area contributed by atoms with Gasteiger partial charge in [0.05, 0.1) is 6.54 Å². The number of carbonyl (C=O) groups excluding carboxylic acids is 2. The molecule has 156 valence electrons. The molecule has 6 nitrogen and oxygen atoms in total. The van der Waals surface area contributed by atoms with Crippen molar-refractivity contribution in [3.63, 3.8) is 0 Å². The molecule has 1 aliphatic heterocycles. The van der Waals surface area contributed by atoms with Crippen LogP contribution >= 0.6 is 0 Å². The number of hydrogen-bond donors (Lipinski definition) is 2. The molecular formula is C23H31N3O3.